The number of halogens is 1. The molecule has 5 nitrogen and oxygen atoms in total. The number of benzene rings is 1. The van der Waals surface area contributed by atoms with Crippen LogP contribution in [0, 0.1) is 5.82 Å². The van der Waals surface area contributed by atoms with E-state index in [-0.39, 0.29) is 11.4 Å². The monoisotopic (exact) mass is 288 g/mol. The van der Waals surface area contributed by atoms with Gasteiger partial charge in [-0.15, -0.1) is 0 Å². The fourth-order valence-corrected chi connectivity index (χ4v) is 2.58. The van der Waals surface area contributed by atoms with Crippen molar-refractivity contribution in [1.82, 2.24) is 9.97 Å². The van der Waals surface area contributed by atoms with E-state index in [0.29, 0.717) is 5.13 Å². The summed E-state index contributed by atoms with van der Waals surface area (Å²) in [5.41, 5.74) is 6.34. The van der Waals surface area contributed by atoms with E-state index in [1.807, 2.05) is 24.3 Å². The summed E-state index contributed by atoms with van der Waals surface area (Å²) in [6, 6.07) is 8.55. The Morgan fingerprint density at radius 3 is 2.95 bits per heavy atom. The van der Waals surface area contributed by atoms with Crippen LogP contribution in [0.25, 0.3) is 10.2 Å². The van der Waals surface area contributed by atoms with E-state index in [1.54, 1.807) is 0 Å². The average molecular weight is 288 g/mol. The highest BCUT2D eigenvalue weighted by atomic mass is 32.1. The Kier molecular flexibility index (Phi) is 3.03. The maximum Gasteiger partial charge on any atom is 0.261 e. The summed E-state index contributed by atoms with van der Waals surface area (Å²) in [5.74, 6) is -1.17. The maximum absolute atomic E-state index is 13.1. The van der Waals surface area contributed by atoms with Crippen LogP contribution in [0.4, 0.5) is 15.3 Å². The molecule has 1 aromatic carbocycles. The molecule has 7 heteroatoms. The minimum atomic E-state index is -0.617. The summed E-state index contributed by atoms with van der Waals surface area (Å²) in [4.78, 5) is 19.9. The number of thiazole rings is 1. The first-order valence-corrected chi connectivity index (χ1v) is 6.53. The number of aromatic nitrogens is 2. The van der Waals surface area contributed by atoms with Gasteiger partial charge in [0, 0.05) is 0 Å². The Hall–Kier alpha value is -2.54. The number of pyridine rings is 1. The summed E-state index contributed by atoms with van der Waals surface area (Å²) < 4.78 is 14.1. The lowest BCUT2D eigenvalue weighted by atomic mass is 10.2. The quantitative estimate of drug-likeness (QED) is 0.759. The number of hydrogen-bond acceptors (Lipinski definition) is 5. The zero-order valence-corrected chi connectivity index (χ0v) is 10.9. The van der Waals surface area contributed by atoms with Crippen LogP contribution in [0.3, 0.4) is 0 Å². The van der Waals surface area contributed by atoms with E-state index in [2.05, 4.69) is 15.3 Å². The number of amides is 1. The summed E-state index contributed by atoms with van der Waals surface area (Å²) in [6.45, 7) is 0. The van der Waals surface area contributed by atoms with Crippen molar-refractivity contribution in [2.24, 2.45) is 0 Å². The molecule has 0 aliphatic heterocycles. The second-order valence-corrected chi connectivity index (χ2v) is 5.06. The molecule has 3 aromatic rings. The lowest BCUT2D eigenvalue weighted by molar-refractivity contribution is 0.102. The van der Waals surface area contributed by atoms with Crippen LogP contribution in [-0.4, -0.2) is 15.9 Å². The van der Waals surface area contributed by atoms with Gasteiger partial charge in [-0.05, 0) is 18.2 Å². The zero-order chi connectivity index (χ0) is 14.1. The van der Waals surface area contributed by atoms with Gasteiger partial charge in [0.25, 0.3) is 5.91 Å². The largest absolute Gasteiger partial charge is 0.383 e. The Bertz CT molecular complexity index is 769. The van der Waals surface area contributed by atoms with Crippen molar-refractivity contribution in [2.75, 3.05) is 11.1 Å². The Morgan fingerprint density at radius 2 is 2.15 bits per heavy atom. The van der Waals surface area contributed by atoms with Crippen molar-refractivity contribution in [2.45, 2.75) is 0 Å². The number of carbonyl (C=O) groups is 1. The molecule has 0 aliphatic carbocycles. The Morgan fingerprint density at radius 1 is 1.35 bits per heavy atom. The fraction of sp³-hybridized carbons (Fsp3) is 0. The number of rotatable bonds is 2. The molecule has 0 saturated carbocycles. The van der Waals surface area contributed by atoms with E-state index in [1.165, 1.54) is 11.3 Å². The number of para-hydroxylation sites is 1. The molecule has 0 bridgehead atoms. The number of nitrogen functional groups attached to an aromatic ring is 1. The molecule has 3 N–H and O–H groups in total. The lowest BCUT2D eigenvalue weighted by Gasteiger charge is -2.04. The molecular weight excluding hydrogens is 279 g/mol. The molecule has 0 fully saturated rings. The normalized spacial score (nSPS) is 10.7. The topological polar surface area (TPSA) is 80.9 Å². The highest BCUT2D eigenvalue weighted by molar-refractivity contribution is 7.22. The van der Waals surface area contributed by atoms with Crippen molar-refractivity contribution in [3.8, 4) is 0 Å². The van der Waals surface area contributed by atoms with Crippen LogP contribution >= 0.6 is 11.3 Å². The van der Waals surface area contributed by atoms with Crippen LogP contribution < -0.4 is 11.1 Å². The van der Waals surface area contributed by atoms with Crippen LogP contribution in [0.15, 0.2) is 36.5 Å². The summed E-state index contributed by atoms with van der Waals surface area (Å²) in [6.07, 6.45) is 0.962. The van der Waals surface area contributed by atoms with Crippen molar-refractivity contribution in [1.29, 1.82) is 0 Å². The number of hydrogen-bond donors (Lipinski definition) is 2. The van der Waals surface area contributed by atoms with Gasteiger partial charge in [0.2, 0.25) is 0 Å². The van der Waals surface area contributed by atoms with E-state index in [0.717, 1.165) is 22.5 Å². The van der Waals surface area contributed by atoms with E-state index >= 15 is 0 Å². The van der Waals surface area contributed by atoms with Gasteiger partial charge in [0.05, 0.1) is 22.0 Å². The SMILES string of the molecule is Nc1ncc(F)cc1C(=O)Nc1nc2ccccc2s1. The molecule has 2 heterocycles. The zero-order valence-electron chi connectivity index (χ0n) is 10.1. The first-order valence-electron chi connectivity index (χ1n) is 5.71. The first-order chi connectivity index (χ1) is 9.63. The van der Waals surface area contributed by atoms with Crippen LogP contribution in [0.5, 0.6) is 0 Å². The molecule has 0 atom stereocenters. The number of fused-ring (bicyclic) bond motifs is 1. The van der Waals surface area contributed by atoms with E-state index in [9.17, 15) is 9.18 Å². The molecule has 100 valence electrons. The molecule has 0 spiro atoms. The van der Waals surface area contributed by atoms with Gasteiger partial charge in [-0.2, -0.15) is 0 Å². The standard InChI is InChI=1S/C13H9FN4OS/c14-7-5-8(11(15)16-6-7)12(19)18-13-17-9-3-1-2-4-10(9)20-13/h1-6H,(H2,15,16)(H,17,18,19). The lowest BCUT2D eigenvalue weighted by Crippen LogP contribution is -2.15. The van der Waals surface area contributed by atoms with Gasteiger partial charge in [-0.25, -0.2) is 14.4 Å². The maximum atomic E-state index is 13.1. The van der Waals surface area contributed by atoms with Crippen molar-refractivity contribution < 1.29 is 9.18 Å². The van der Waals surface area contributed by atoms with Gasteiger partial charge < -0.3 is 5.73 Å². The van der Waals surface area contributed by atoms with Gasteiger partial charge in [-0.3, -0.25) is 10.1 Å². The van der Waals surface area contributed by atoms with Gasteiger partial charge in [0.1, 0.15) is 11.6 Å². The Balaban J connectivity index is 1.90. The average Bonchev–Trinajstić information content (AvgIpc) is 2.83. The van der Waals surface area contributed by atoms with Crippen LogP contribution in [0.1, 0.15) is 10.4 Å². The third-order valence-corrected chi connectivity index (χ3v) is 3.60. The van der Waals surface area contributed by atoms with Gasteiger partial charge in [-0.1, -0.05) is 23.5 Å². The molecule has 1 amide bonds. The number of nitrogens with one attached hydrogen (secondary N) is 1. The first kappa shape index (κ1) is 12.5. The number of anilines is 2. The highest BCUT2D eigenvalue weighted by Gasteiger charge is 2.14. The smallest absolute Gasteiger partial charge is 0.261 e. The number of nitrogens with two attached hydrogens (primary N) is 1. The predicted octanol–water partition coefficient (Wildman–Crippen LogP) is 2.66. The predicted molar refractivity (Wildman–Crippen MR) is 76.2 cm³/mol. The fourth-order valence-electron chi connectivity index (χ4n) is 1.72. The molecule has 2 aromatic heterocycles. The molecule has 3 rings (SSSR count). The second-order valence-electron chi connectivity index (χ2n) is 4.03. The summed E-state index contributed by atoms with van der Waals surface area (Å²) >= 11 is 1.33. The molecular formula is C13H9FN4OS. The molecule has 0 unspecified atom stereocenters. The highest BCUT2D eigenvalue weighted by Crippen LogP contribution is 2.26. The van der Waals surface area contributed by atoms with Crippen LogP contribution in [-0.2, 0) is 0 Å². The minimum absolute atomic E-state index is 0.00995. The summed E-state index contributed by atoms with van der Waals surface area (Å²) in [5, 5.41) is 3.03. The van der Waals surface area contributed by atoms with E-state index in [4.69, 9.17) is 5.73 Å². The molecule has 0 aliphatic rings. The van der Waals surface area contributed by atoms with Gasteiger partial charge >= 0.3 is 0 Å². The Labute approximate surface area is 117 Å². The van der Waals surface area contributed by atoms with Crippen LogP contribution in [0.2, 0.25) is 0 Å². The molecule has 20 heavy (non-hydrogen) atoms. The van der Waals surface area contributed by atoms with Crippen molar-refractivity contribution >= 4 is 38.4 Å². The molecule has 0 saturated heterocycles. The minimum Gasteiger partial charge on any atom is -0.383 e. The van der Waals surface area contributed by atoms with Crippen molar-refractivity contribution in [3.05, 3.63) is 47.9 Å². The third-order valence-electron chi connectivity index (χ3n) is 2.64. The number of carbonyl (C=O) groups excluding carboxylic acids is 1. The van der Waals surface area contributed by atoms with E-state index < -0.39 is 11.7 Å². The van der Waals surface area contributed by atoms with Gasteiger partial charge in [0.15, 0.2) is 5.13 Å². The summed E-state index contributed by atoms with van der Waals surface area (Å²) in [7, 11) is 0. The third kappa shape index (κ3) is 2.30. The number of nitrogens with zero attached hydrogens (tertiary/aromatic N) is 2. The molecule has 0 radical (unpaired) electrons. The second kappa shape index (κ2) is 4.86. The van der Waals surface area contributed by atoms with Crippen molar-refractivity contribution in [3.63, 3.8) is 0 Å².